The predicted octanol–water partition coefficient (Wildman–Crippen LogP) is 1.92. The first kappa shape index (κ1) is 12.2. The lowest BCUT2D eigenvalue weighted by molar-refractivity contribution is 0.173. The summed E-state index contributed by atoms with van der Waals surface area (Å²) < 4.78 is 2.37. The maximum Gasteiger partial charge on any atom is 0.0951 e. The van der Waals surface area contributed by atoms with Crippen molar-refractivity contribution in [2.75, 3.05) is 7.05 Å². The van der Waals surface area contributed by atoms with Crippen LogP contribution in [0.3, 0.4) is 0 Å². The first-order valence-corrected chi connectivity index (χ1v) is 7.20. The van der Waals surface area contributed by atoms with E-state index in [2.05, 4.69) is 21.5 Å². The number of nitrogens with zero attached hydrogens (tertiary/aromatic N) is 3. The van der Waals surface area contributed by atoms with Crippen LogP contribution in [-0.4, -0.2) is 33.6 Å². The van der Waals surface area contributed by atoms with Gasteiger partial charge in [-0.3, -0.25) is 4.90 Å². The number of nitrogens with two attached hydrogens (primary N) is 1. The van der Waals surface area contributed by atoms with Gasteiger partial charge in [0.15, 0.2) is 0 Å². The van der Waals surface area contributed by atoms with Crippen LogP contribution in [0.15, 0.2) is 12.5 Å². The molecule has 2 N–H and O–H groups in total. The van der Waals surface area contributed by atoms with E-state index in [4.69, 9.17) is 5.73 Å². The molecule has 18 heavy (non-hydrogen) atoms. The largest absolute Gasteiger partial charge is 0.330 e. The second-order valence-electron chi connectivity index (χ2n) is 6.01. The molecule has 0 amide bonds. The molecule has 1 heterocycles. The molecule has 0 spiro atoms. The molecule has 0 radical (unpaired) electrons. The zero-order valence-corrected chi connectivity index (χ0v) is 11.3. The number of imidazole rings is 1. The van der Waals surface area contributed by atoms with Crippen molar-refractivity contribution in [1.29, 1.82) is 0 Å². The average molecular weight is 248 g/mol. The van der Waals surface area contributed by atoms with Gasteiger partial charge in [0.25, 0.3) is 0 Å². The number of hydrogen-bond acceptors (Lipinski definition) is 3. The van der Waals surface area contributed by atoms with Crippen LogP contribution in [0.4, 0.5) is 0 Å². The third-order valence-electron chi connectivity index (χ3n) is 4.46. The van der Waals surface area contributed by atoms with Crippen molar-refractivity contribution in [3.63, 3.8) is 0 Å². The quantitative estimate of drug-likeness (QED) is 0.885. The number of hydrogen-bond donors (Lipinski definition) is 1. The van der Waals surface area contributed by atoms with Crippen molar-refractivity contribution >= 4 is 0 Å². The fraction of sp³-hybridized carbons (Fsp3) is 0.786. The maximum absolute atomic E-state index is 5.97. The van der Waals surface area contributed by atoms with Crippen LogP contribution in [0.25, 0.3) is 0 Å². The SMILES string of the molecule is CN(Cc1cncn1C1CC1)C1CCC(N)CC1. The number of aromatic nitrogens is 2. The minimum absolute atomic E-state index is 0.437. The van der Waals surface area contributed by atoms with Gasteiger partial charge >= 0.3 is 0 Å². The van der Waals surface area contributed by atoms with Gasteiger partial charge in [0.2, 0.25) is 0 Å². The first-order valence-electron chi connectivity index (χ1n) is 7.20. The van der Waals surface area contributed by atoms with Gasteiger partial charge in [-0.2, -0.15) is 0 Å². The van der Waals surface area contributed by atoms with E-state index in [1.807, 2.05) is 12.5 Å². The summed E-state index contributed by atoms with van der Waals surface area (Å²) in [5, 5.41) is 0. The van der Waals surface area contributed by atoms with E-state index >= 15 is 0 Å². The molecule has 0 atom stereocenters. The van der Waals surface area contributed by atoms with Crippen molar-refractivity contribution in [3.8, 4) is 0 Å². The monoisotopic (exact) mass is 248 g/mol. The molecule has 1 aromatic rings. The van der Waals surface area contributed by atoms with Gasteiger partial charge in [-0.25, -0.2) is 4.98 Å². The molecular formula is C14H24N4. The summed E-state index contributed by atoms with van der Waals surface area (Å²) in [7, 11) is 2.24. The second kappa shape index (κ2) is 5.02. The average Bonchev–Trinajstić information content (AvgIpc) is 3.11. The van der Waals surface area contributed by atoms with Crippen molar-refractivity contribution in [2.24, 2.45) is 5.73 Å². The summed E-state index contributed by atoms with van der Waals surface area (Å²) in [5.74, 6) is 0. The predicted molar refractivity (Wildman–Crippen MR) is 72.2 cm³/mol. The third-order valence-corrected chi connectivity index (χ3v) is 4.46. The van der Waals surface area contributed by atoms with Crippen molar-refractivity contribution in [2.45, 2.75) is 63.2 Å². The Bertz CT molecular complexity index is 388. The molecule has 4 heteroatoms. The molecule has 2 fully saturated rings. The summed E-state index contributed by atoms with van der Waals surface area (Å²) in [6.45, 7) is 1.02. The van der Waals surface area contributed by atoms with E-state index in [1.165, 1.54) is 44.2 Å². The van der Waals surface area contributed by atoms with E-state index < -0.39 is 0 Å². The number of rotatable bonds is 4. The normalized spacial score (nSPS) is 28.8. The van der Waals surface area contributed by atoms with E-state index in [0.29, 0.717) is 12.1 Å². The van der Waals surface area contributed by atoms with Gasteiger partial charge in [-0.05, 0) is 45.6 Å². The molecule has 0 bridgehead atoms. The molecule has 2 aliphatic rings. The van der Waals surface area contributed by atoms with Crippen LogP contribution in [-0.2, 0) is 6.54 Å². The lowest BCUT2D eigenvalue weighted by Crippen LogP contribution is -2.38. The highest BCUT2D eigenvalue weighted by atomic mass is 15.2. The van der Waals surface area contributed by atoms with Gasteiger partial charge in [0.1, 0.15) is 0 Å². The molecule has 0 aliphatic heterocycles. The van der Waals surface area contributed by atoms with Crippen LogP contribution in [0, 0.1) is 0 Å². The molecule has 3 rings (SSSR count). The third kappa shape index (κ3) is 2.59. The van der Waals surface area contributed by atoms with Gasteiger partial charge < -0.3 is 10.3 Å². The van der Waals surface area contributed by atoms with Gasteiger partial charge in [0.05, 0.1) is 12.0 Å². The minimum Gasteiger partial charge on any atom is -0.330 e. The van der Waals surface area contributed by atoms with Gasteiger partial charge in [0, 0.05) is 30.9 Å². The Labute approximate surface area is 109 Å². The molecular weight excluding hydrogens is 224 g/mol. The molecule has 2 saturated carbocycles. The van der Waals surface area contributed by atoms with E-state index in [-0.39, 0.29) is 0 Å². The second-order valence-corrected chi connectivity index (χ2v) is 6.01. The summed E-state index contributed by atoms with van der Waals surface area (Å²) in [5.41, 5.74) is 7.34. The van der Waals surface area contributed by atoms with Crippen molar-refractivity contribution < 1.29 is 0 Å². The van der Waals surface area contributed by atoms with Gasteiger partial charge in [-0.1, -0.05) is 0 Å². The van der Waals surface area contributed by atoms with Gasteiger partial charge in [-0.15, -0.1) is 0 Å². The van der Waals surface area contributed by atoms with Crippen molar-refractivity contribution in [3.05, 3.63) is 18.2 Å². The summed E-state index contributed by atoms with van der Waals surface area (Å²) in [6, 6.07) is 1.87. The molecule has 4 nitrogen and oxygen atoms in total. The van der Waals surface area contributed by atoms with Crippen LogP contribution in [0.2, 0.25) is 0 Å². The van der Waals surface area contributed by atoms with E-state index in [0.717, 1.165) is 12.6 Å². The zero-order valence-electron chi connectivity index (χ0n) is 11.3. The Hall–Kier alpha value is -0.870. The Morgan fingerprint density at radius 2 is 2.00 bits per heavy atom. The van der Waals surface area contributed by atoms with Crippen LogP contribution in [0.1, 0.15) is 50.3 Å². The molecule has 2 aliphatic carbocycles. The topological polar surface area (TPSA) is 47.1 Å². The Kier molecular flexibility index (Phi) is 3.39. The fourth-order valence-electron chi connectivity index (χ4n) is 3.06. The Balaban J connectivity index is 1.59. The first-order chi connectivity index (χ1) is 8.74. The highest BCUT2D eigenvalue weighted by Crippen LogP contribution is 2.36. The highest BCUT2D eigenvalue weighted by molar-refractivity contribution is 5.03. The molecule has 100 valence electrons. The van der Waals surface area contributed by atoms with Crippen LogP contribution >= 0.6 is 0 Å². The molecule has 0 saturated heterocycles. The maximum atomic E-state index is 5.97. The molecule has 1 aromatic heterocycles. The highest BCUT2D eigenvalue weighted by Gasteiger charge is 2.27. The molecule has 0 aromatic carbocycles. The summed E-state index contributed by atoms with van der Waals surface area (Å²) >= 11 is 0. The Morgan fingerprint density at radius 3 is 2.67 bits per heavy atom. The van der Waals surface area contributed by atoms with Crippen LogP contribution < -0.4 is 5.73 Å². The lowest BCUT2D eigenvalue weighted by Gasteiger charge is -2.33. The van der Waals surface area contributed by atoms with E-state index in [1.54, 1.807) is 0 Å². The van der Waals surface area contributed by atoms with E-state index in [9.17, 15) is 0 Å². The summed E-state index contributed by atoms with van der Waals surface area (Å²) in [4.78, 5) is 6.80. The lowest BCUT2D eigenvalue weighted by atomic mass is 9.91. The standard InChI is InChI=1S/C14H24N4/c1-17(12-4-2-11(15)3-5-12)9-14-8-16-10-18(14)13-6-7-13/h8,10-13H,2-7,9,15H2,1H3. The minimum atomic E-state index is 0.437. The van der Waals surface area contributed by atoms with Crippen molar-refractivity contribution in [1.82, 2.24) is 14.5 Å². The zero-order chi connectivity index (χ0) is 12.5. The molecule has 0 unspecified atom stereocenters. The van der Waals surface area contributed by atoms with Crippen LogP contribution in [0.5, 0.6) is 0 Å². The summed E-state index contributed by atoms with van der Waals surface area (Å²) in [6.07, 6.45) is 11.5. The Morgan fingerprint density at radius 1 is 1.28 bits per heavy atom. The smallest absolute Gasteiger partial charge is 0.0951 e. The fourth-order valence-corrected chi connectivity index (χ4v) is 3.06.